The van der Waals surface area contributed by atoms with Crippen molar-refractivity contribution in [2.75, 3.05) is 13.6 Å². The SMILES string of the molecule is CC.CC.CCc1cccc(CCCNC)n1. The number of pyridine rings is 1. The summed E-state index contributed by atoms with van der Waals surface area (Å²) >= 11 is 0. The minimum absolute atomic E-state index is 1.03. The predicted molar refractivity (Wildman–Crippen MR) is 78.6 cm³/mol. The quantitative estimate of drug-likeness (QED) is 0.788. The first-order chi connectivity index (χ1) is 8.36. The topological polar surface area (TPSA) is 24.9 Å². The molecule has 0 saturated carbocycles. The first kappa shape index (κ1) is 18.5. The van der Waals surface area contributed by atoms with Gasteiger partial charge >= 0.3 is 0 Å². The van der Waals surface area contributed by atoms with Crippen molar-refractivity contribution in [2.24, 2.45) is 0 Å². The van der Waals surface area contributed by atoms with Gasteiger partial charge in [-0.2, -0.15) is 0 Å². The fraction of sp³-hybridized carbons (Fsp3) is 0.667. The van der Waals surface area contributed by atoms with E-state index in [-0.39, 0.29) is 0 Å². The molecule has 2 heteroatoms. The van der Waals surface area contributed by atoms with Crippen LogP contribution in [-0.4, -0.2) is 18.6 Å². The van der Waals surface area contributed by atoms with Crippen molar-refractivity contribution in [1.82, 2.24) is 10.3 Å². The summed E-state index contributed by atoms with van der Waals surface area (Å²) in [6.45, 7) is 11.2. The molecule has 0 amide bonds. The van der Waals surface area contributed by atoms with E-state index in [1.165, 1.54) is 11.4 Å². The number of aromatic nitrogens is 1. The zero-order valence-electron chi connectivity index (χ0n) is 12.5. The van der Waals surface area contributed by atoms with Crippen LogP contribution in [0.5, 0.6) is 0 Å². The molecule has 0 unspecified atom stereocenters. The van der Waals surface area contributed by atoms with Gasteiger partial charge in [0.1, 0.15) is 0 Å². The molecule has 1 aromatic heterocycles. The van der Waals surface area contributed by atoms with Crippen LogP contribution >= 0.6 is 0 Å². The van der Waals surface area contributed by atoms with E-state index < -0.39 is 0 Å². The van der Waals surface area contributed by atoms with Gasteiger partial charge in [0.25, 0.3) is 0 Å². The van der Waals surface area contributed by atoms with E-state index in [9.17, 15) is 0 Å². The number of hydrogen-bond acceptors (Lipinski definition) is 2. The summed E-state index contributed by atoms with van der Waals surface area (Å²) in [7, 11) is 1.98. The summed E-state index contributed by atoms with van der Waals surface area (Å²) in [4.78, 5) is 4.54. The monoisotopic (exact) mass is 238 g/mol. The highest BCUT2D eigenvalue weighted by Crippen LogP contribution is 2.02. The molecule has 1 heterocycles. The lowest BCUT2D eigenvalue weighted by Crippen LogP contribution is -2.09. The van der Waals surface area contributed by atoms with E-state index in [4.69, 9.17) is 0 Å². The second-order valence-electron chi connectivity index (χ2n) is 3.18. The van der Waals surface area contributed by atoms with Gasteiger partial charge in [-0.1, -0.05) is 40.7 Å². The molecule has 0 bridgehead atoms. The third kappa shape index (κ3) is 10.0. The maximum absolute atomic E-state index is 4.54. The van der Waals surface area contributed by atoms with E-state index in [0.29, 0.717) is 0 Å². The standard InChI is InChI=1S/C11H18N2.2C2H6/c1-3-10-6-4-7-11(13-10)8-5-9-12-2;2*1-2/h4,6-7,12H,3,5,8-9H2,1-2H3;2*1-2H3. The molecular formula is C15H30N2. The van der Waals surface area contributed by atoms with Crippen LogP contribution in [0.4, 0.5) is 0 Å². The van der Waals surface area contributed by atoms with Gasteiger partial charge in [-0.05, 0) is 45.0 Å². The van der Waals surface area contributed by atoms with Crippen molar-refractivity contribution < 1.29 is 0 Å². The molecule has 0 atom stereocenters. The lowest BCUT2D eigenvalue weighted by molar-refractivity contribution is 0.713. The number of hydrogen-bond donors (Lipinski definition) is 1. The highest BCUT2D eigenvalue weighted by atomic mass is 14.8. The average molecular weight is 238 g/mol. The largest absolute Gasteiger partial charge is 0.320 e. The molecule has 1 rings (SSSR count). The lowest BCUT2D eigenvalue weighted by Gasteiger charge is -2.02. The summed E-state index contributed by atoms with van der Waals surface area (Å²) in [5.74, 6) is 0. The summed E-state index contributed by atoms with van der Waals surface area (Å²) in [5.41, 5.74) is 2.41. The van der Waals surface area contributed by atoms with Crippen LogP contribution in [0.3, 0.4) is 0 Å². The zero-order chi connectivity index (χ0) is 13.5. The van der Waals surface area contributed by atoms with Gasteiger partial charge in [-0.25, -0.2) is 0 Å². The number of nitrogens with zero attached hydrogens (tertiary/aromatic N) is 1. The number of rotatable bonds is 5. The van der Waals surface area contributed by atoms with Crippen LogP contribution in [-0.2, 0) is 12.8 Å². The molecule has 0 fully saturated rings. The smallest absolute Gasteiger partial charge is 0.0407 e. The fourth-order valence-electron chi connectivity index (χ4n) is 1.31. The maximum Gasteiger partial charge on any atom is 0.0407 e. The molecule has 1 aromatic rings. The Balaban J connectivity index is 0. The van der Waals surface area contributed by atoms with Gasteiger partial charge in [0, 0.05) is 11.4 Å². The molecule has 100 valence electrons. The molecule has 2 nitrogen and oxygen atoms in total. The Morgan fingerprint density at radius 1 is 1.06 bits per heavy atom. The first-order valence-electron chi connectivity index (χ1n) is 6.96. The minimum atomic E-state index is 1.03. The molecule has 0 aliphatic carbocycles. The third-order valence-electron chi connectivity index (χ3n) is 2.09. The minimum Gasteiger partial charge on any atom is -0.320 e. The van der Waals surface area contributed by atoms with Gasteiger partial charge < -0.3 is 5.32 Å². The zero-order valence-corrected chi connectivity index (χ0v) is 12.5. The molecule has 0 aromatic carbocycles. The normalized spacial score (nSPS) is 8.59. The third-order valence-corrected chi connectivity index (χ3v) is 2.09. The van der Waals surface area contributed by atoms with E-state index in [1.807, 2.05) is 34.7 Å². The number of aryl methyl sites for hydroxylation is 2. The Morgan fingerprint density at radius 2 is 1.65 bits per heavy atom. The Hall–Kier alpha value is -0.890. The Bertz CT molecular complexity index is 246. The molecule has 0 spiro atoms. The van der Waals surface area contributed by atoms with Crippen LogP contribution < -0.4 is 5.32 Å². The van der Waals surface area contributed by atoms with Gasteiger partial charge in [-0.3, -0.25) is 4.98 Å². The second-order valence-corrected chi connectivity index (χ2v) is 3.18. The molecular weight excluding hydrogens is 208 g/mol. The fourth-order valence-corrected chi connectivity index (χ4v) is 1.31. The lowest BCUT2D eigenvalue weighted by atomic mass is 10.2. The van der Waals surface area contributed by atoms with Crippen molar-refractivity contribution in [1.29, 1.82) is 0 Å². The van der Waals surface area contributed by atoms with Crippen molar-refractivity contribution >= 4 is 0 Å². The predicted octanol–water partition coefficient (Wildman–Crippen LogP) is 3.85. The van der Waals surface area contributed by atoms with Crippen LogP contribution in [0.25, 0.3) is 0 Å². The molecule has 0 aliphatic rings. The summed E-state index contributed by atoms with van der Waals surface area (Å²) in [6.07, 6.45) is 3.27. The second kappa shape index (κ2) is 15.1. The summed E-state index contributed by atoms with van der Waals surface area (Å²) < 4.78 is 0. The van der Waals surface area contributed by atoms with E-state index in [2.05, 4.69) is 35.4 Å². The highest BCUT2D eigenvalue weighted by molar-refractivity contribution is 5.11. The van der Waals surface area contributed by atoms with Crippen molar-refractivity contribution in [2.45, 2.75) is 53.9 Å². The first-order valence-corrected chi connectivity index (χ1v) is 6.96. The van der Waals surface area contributed by atoms with Crippen LogP contribution in [0.15, 0.2) is 18.2 Å². The van der Waals surface area contributed by atoms with Crippen molar-refractivity contribution in [3.8, 4) is 0 Å². The maximum atomic E-state index is 4.54. The van der Waals surface area contributed by atoms with Gasteiger partial charge in [0.2, 0.25) is 0 Å². The highest BCUT2D eigenvalue weighted by Gasteiger charge is 1.95. The molecule has 0 radical (unpaired) electrons. The Labute approximate surface area is 108 Å². The molecule has 0 saturated heterocycles. The van der Waals surface area contributed by atoms with Crippen LogP contribution in [0, 0.1) is 0 Å². The molecule has 1 N–H and O–H groups in total. The van der Waals surface area contributed by atoms with Crippen molar-refractivity contribution in [3.63, 3.8) is 0 Å². The van der Waals surface area contributed by atoms with Gasteiger partial charge in [-0.15, -0.1) is 0 Å². The number of nitrogens with one attached hydrogen (secondary N) is 1. The summed E-state index contributed by atoms with van der Waals surface area (Å²) in [5, 5.41) is 3.14. The van der Waals surface area contributed by atoms with Crippen molar-refractivity contribution in [3.05, 3.63) is 29.6 Å². The van der Waals surface area contributed by atoms with Gasteiger partial charge in [0.05, 0.1) is 0 Å². The van der Waals surface area contributed by atoms with Crippen LogP contribution in [0.2, 0.25) is 0 Å². The van der Waals surface area contributed by atoms with E-state index in [0.717, 1.165) is 25.8 Å². The van der Waals surface area contributed by atoms with Crippen LogP contribution in [0.1, 0.15) is 52.4 Å². The van der Waals surface area contributed by atoms with E-state index in [1.54, 1.807) is 0 Å². The summed E-state index contributed by atoms with van der Waals surface area (Å²) in [6, 6.07) is 6.29. The molecule has 17 heavy (non-hydrogen) atoms. The van der Waals surface area contributed by atoms with Gasteiger partial charge in [0.15, 0.2) is 0 Å². The Morgan fingerprint density at radius 3 is 2.18 bits per heavy atom. The molecule has 0 aliphatic heterocycles. The van der Waals surface area contributed by atoms with E-state index >= 15 is 0 Å². The average Bonchev–Trinajstić information content (AvgIpc) is 2.44. The Kier molecular flexibility index (Phi) is 16.4.